The fourth-order valence-electron chi connectivity index (χ4n) is 4.86. The highest BCUT2D eigenvalue weighted by molar-refractivity contribution is 7.89. The van der Waals surface area contributed by atoms with Gasteiger partial charge in [-0.1, -0.05) is 67.4 Å². The Morgan fingerprint density at radius 3 is 2.26 bits per heavy atom. The predicted molar refractivity (Wildman–Crippen MR) is 146 cm³/mol. The van der Waals surface area contributed by atoms with Crippen molar-refractivity contribution < 1.29 is 22.3 Å². The number of hydrogen-bond acceptors (Lipinski definition) is 4. The molecule has 1 aliphatic heterocycles. The maximum absolute atomic E-state index is 14.8. The van der Waals surface area contributed by atoms with E-state index in [4.69, 9.17) is 4.74 Å². The largest absolute Gasteiger partial charge is 0.491 e. The molecule has 3 aromatic carbocycles. The van der Waals surface area contributed by atoms with Crippen LogP contribution in [-0.2, 0) is 16.4 Å². The van der Waals surface area contributed by atoms with Crippen molar-refractivity contribution in [2.75, 3.05) is 26.2 Å². The standard InChI is InChI=1S/C30H35FN2O4S/c1-2-32-20-12-3-4-13-21-33(38(35,36)29-19-11-9-17-27(29)31)25(22-24-14-6-5-7-15-24)23-37-28-18-10-8-16-26(28)30(32)34/h5-11,14-19,25H,2-4,12-13,20-23H2,1H3/t25-/m1/s1. The molecule has 0 fully saturated rings. The van der Waals surface area contributed by atoms with Gasteiger partial charge in [0.05, 0.1) is 11.6 Å². The van der Waals surface area contributed by atoms with Gasteiger partial charge in [0.25, 0.3) is 5.91 Å². The van der Waals surface area contributed by atoms with Gasteiger partial charge in [-0.2, -0.15) is 4.31 Å². The summed E-state index contributed by atoms with van der Waals surface area (Å²) in [5.74, 6) is -0.466. The molecule has 0 N–H and O–H groups in total. The molecular weight excluding hydrogens is 503 g/mol. The minimum absolute atomic E-state index is 0.0129. The van der Waals surface area contributed by atoms with Crippen molar-refractivity contribution in [2.45, 2.75) is 50.0 Å². The number of fused-ring (bicyclic) bond motifs is 1. The first-order chi connectivity index (χ1) is 18.4. The van der Waals surface area contributed by atoms with Crippen molar-refractivity contribution in [1.82, 2.24) is 9.21 Å². The second-order valence-electron chi connectivity index (χ2n) is 9.50. The van der Waals surface area contributed by atoms with E-state index in [0.29, 0.717) is 37.2 Å². The molecule has 4 rings (SSSR count). The Labute approximate surface area is 225 Å². The van der Waals surface area contributed by atoms with Crippen molar-refractivity contribution in [3.8, 4) is 5.75 Å². The molecule has 1 aliphatic rings. The van der Waals surface area contributed by atoms with Gasteiger partial charge in [-0.3, -0.25) is 4.79 Å². The summed E-state index contributed by atoms with van der Waals surface area (Å²) >= 11 is 0. The quantitative estimate of drug-likeness (QED) is 0.428. The SMILES string of the molecule is CCN1CCCCCCN(S(=O)(=O)c2ccccc2F)[C@H](Cc2ccccc2)COc2ccccc2C1=O. The van der Waals surface area contributed by atoms with Gasteiger partial charge in [-0.15, -0.1) is 0 Å². The van der Waals surface area contributed by atoms with E-state index < -0.39 is 21.9 Å². The molecule has 0 bridgehead atoms. The highest BCUT2D eigenvalue weighted by Gasteiger charge is 2.34. The van der Waals surface area contributed by atoms with Crippen LogP contribution in [-0.4, -0.2) is 55.8 Å². The zero-order chi connectivity index (χ0) is 27.0. The van der Waals surface area contributed by atoms with Gasteiger partial charge >= 0.3 is 0 Å². The molecule has 1 atom stereocenters. The number of nitrogens with zero attached hydrogens (tertiary/aromatic N) is 2. The van der Waals surface area contributed by atoms with E-state index >= 15 is 0 Å². The van der Waals surface area contributed by atoms with Crippen LogP contribution in [0.3, 0.4) is 0 Å². The number of benzene rings is 3. The molecule has 202 valence electrons. The van der Waals surface area contributed by atoms with Gasteiger partial charge in [-0.25, -0.2) is 12.8 Å². The lowest BCUT2D eigenvalue weighted by Crippen LogP contribution is -2.46. The third-order valence-electron chi connectivity index (χ3n) is 6.92. The summed E-state index contributed by atoms with van der Waals surface area (Å²) in [5.41, 5.74) is 1.39. The highest BCUT2D eigenvalue weighted by atomic mass is 32.2. The third kappa shape index (κ3) is 6.60. The zero-order valence-corrected chi connectivity index (χ0v) is 22.6. The van der Waals surface area contributed by atoms with Crippen LogP contribution < -0.4 is 4.74 Å². The molecule has 0 aromatic heterocycles. The average Bonchev–Trinajstić information content (AvgIpc) is 2.93. The second-order valence-corrected chi connectivity index (χ2v) is 11.4. The van der Waals surface area contributed by atoms with Gasteiger partial charge in [0.2, 0.25) is 10.0 Å². The van der Waals surface area contributed by atoms with E-state index in [0.717, 1.165) is 24.8 Å². The molecule has 0 aliphatic carbocycles. The number of amides is 1. The maximum Gasteiger partial charge on any atom is 0.257 e. The van der Waals surface area contributed by atoms with Crippen molar-refractivity contribution >= 4 is 15.9 Å². The molecule has 0 saturated carbocycles. The summed E-state index contributed by atoms with van der Waals surface area (Å²) in [5, 5.41) is 0. The molecule has 0 spiro atoms. The number of carbonyl (C=O) groups is 1. The van der Waals surface area contributed by atoms with Crippen LogP contribution in [0.2, 0.25) is 0 Å². The van der Waals surface area contributed by atoms with Crippen LogP contribution in [0.4, 0.5) is 4.39 Å². The van der Waals surface area contributed by atoms with E-state index in [1.165, 1.54) is 28.6 Å². The summed E-state index contributed by atoms with van der Waals surface area (Å²) < 4.78 is 50.2. The van der Waals surface area contributed by atoms with E-state index in [1.54, 1.807) is 24.3 Å². The molecular formula is C30H35FN2O4S. The van der Waals surface area contributed by atoms with Crippen LogP contribution in [0.15, 0.2) is 83.8 Å². The van der Waals surface area contributed by atoms with Crippen LogP contribution >= 0.6 is 0 Å². The Balaban J connectivity index is 1.75. The Morgan fingerprint density at radius 2 is 1.53 bits per heavy atom. The number of carbonyl (C=O) groups excluding carboxylic acids is 1. The maximum atomic E-state index is 14.8. The molecule has 6 nitrogen and oxygen atoms in total. The van der Waals surface area contributed by atoms with Crippen LogP contribution in [0.1, 0.15) is 48.5 Å². The smallest absolute Gasteiger partial charge is 0.257 e. The monoisotopic (exact) mass is 538 g/mol. The van der Waals surface area contributed by atoms with E-state index in [2.05, 4.69) is 0 Å². The van der Waals surface area contributed by atoms with Gasteiger partial charge < -0.3 is 9.64 Å². The lowest BCUT2D eigenvalue weighted by molar-refractivity contribution is 0.0754. The van der Waals surface area contributed by atoms with E-state index in [-0.39, 0.29) is 24.0 Å². The van der Waals surface area contributed by atoms with Gasteiger partial charge in [0.15, 0.2) is 0 Å². The normalized spacial score (nSPS) is 18.3. The molecule has 0 radical (unpaired) electrons. The van der Waals surface area contributed by atoms with Crippen LogP contribution in [0, 0.1) is 5.82 Å². The van der Waals surface area contributed by atoms with Crippen LogP contribution in [0.25, 0.3) is 0 Å². The van der Waals surface area contributed by atoms with Gasteiger partial charge in [0.1, 0.15) is 23.1 Å². The summed E-state index contributed by atoms with van der Waals surface area (Å²) in [7, 11) is -4.16. The molecule has 3 aromatic rings. The third-order valence-corrected chi connectivity index (χ3v) is 8.90. The molecule has 0 saturated heterocycles. The minimum Gasteiger partial charge on any atom is -0.491 e. The molecule has 1 amide bonds. The predicted octanol–water partition coefficient (Wildman–Crippen LogP) is 5.54. The first-order valence-electron chi connectivity index (χ1n) is 13.2. The number of ether oxygens (including phenoxy) is 1. The molecule has 38 heavy (non-hydrogen) atoms. The zero-order valence-electron chi connectivity index (χ0n) is 21.8. The summed E-state index contributed by atoms with van der Waals surface area (Å²) in [6.07, 6.45) is 3.47. The first-order valence-corrected chi connectivity index (χ1v) is 14.7. The lowest BCUT2D eigenvalue weighted by atomic mass is 10.1. The molecule has 8 heteroatoms. The Morgan fingerprint density at radius 1 is 0.868 bits per heavy atom. The Bertz CT molecular complexity index is 1320. The second kappa shape index (κ2) is 13.0. The number of sulfonamides is 1. The summed E-state index contributed by atoms with van der Waals surface area (Å²) in [6, 6.07) is 21.5. The van der Waals surface area contributed by atoms with Gasteiger partial charge in [-0.05, 0) is 56.0 Å². The van der Waals surface area contributed by atoms with Crippen molar-refractivity contribution in [3.63, 3.8) is 0 Å². The number of hydrogen-bond donors (Lipinski definition) is 0. The first kappa shape index (κ1) is 27.8. The van der Waals surface area contributed by atoms with Crippen molar-refractivity contribution in [3.05, 3.63) is 95.8 Å². The lowest BCUT2D eigenvalue weighted by Gasteiger charge is -2.32. The molecule has 1 heterocycles. The highest BCUT2D eigenvalue weighted by Crippen LogP contribution is 2.27. The Hall–Kier alpha value is -3.23. The van der Waals surface area contributed by atoms with Crippen molar-refractivity contribution in [1.29, 1.82) is 0 Å². The number of rotatable bonds is 5. The summed E-state index contributed by atoms with van der Waals surface area (Å²) in [6.45, 7) is 3.44. The van der Waals surface area contributed by atoms with Crippen LogP contribution in [0.5, 0.6) is 5.75 Å². The fraction of sp³-hybridized carbons (Fsp3) is 0.367. The van der Waals surface area contributed by atoms with Crippen molar-refractivity contribution in [2.24, 2.45) is 0 Å². The number of para-hydroxylation sites is 1. The minimum atomic E-state index is -4.16. The topological polar surface area (TPSA) is 66.9 Å². The van der Waals surface area contributed by atoms with E-state index in [9.17, 15) is 17.6 Å². The average molecular weight is 539 g/mol. The molecule has 0 unspecified atom stereocenters. The fourth-order valence-corrected chi connectivity index (χ4v) is 6.58. The van der Waals surface area contributed by atoms with Gasteiger partial charge in [0, 0.05) is 19.6 Å². The number of halogens is 1. The van der Waals surface area contributed by atoms with E-state index in [1.807, 2.05) is 42.2 Å². The Kier molecular flexibility index (Phi) is 9.53. The summed E-state index contributed by atoms with van der Waals surface area (Å²) in [4.78, 5) is 14.8.